The normalized spacial score (nSPS) is 16.4. The summed E-state index contributed by atoms with van der Waals surface area (Å²) in [5.41, 5.74) is 1.91. The van der Waals surface area contributed by atoms with E-state index in [0.717, 1.165) is 16.8 Å². The molecule has 0 fully saturated rings. The van der Waals surface area contributed by atoms with E-state index in [9.17, 15) is 4.79 Å². The number of aromatic nitrogens is 2. The standard InChI is InChI=1S/C15H14ClN3O/c1-15(2)12-11(8-17-18-13(12)16)19(14(15)20)9-10-6-4-3-5-7-10/h3-8H,9H2,1-2H3. The van der Waals surface area contributed by atoms with Gasteiger partial charge in [-0.3, -0.25) is 4.79 Å². The van der Waals surface area contributed by atoms with Crippen LogP contribution in [0.15, 0.2) is 36.5 Å². The van der Waals surface area contributed by atoms with E-state index in [-0.39, 0.29) is 5.91 Å². The molecule has 1 amide bonds. The number of halogens is 1. The summed E-state index contributed by atoms with van der Waals surface area (Å²) >= 11 is 6.14. The van der Waals surface area contributed by atoms with Crippen LogP contribution in [-0.2, 0) is 16.8 Å². The Morgan fingerprint density at radius 1 is 1.25 bits per heavy atom. The Hall–Kier alpha value is -1.94. The van der Waals surface area contributed by atoms with Crippen LogP contribution in [-0.4, -0.2) is 16.1 Å². The van der Waals surface area contributed by atoms with Gasteiger partial charge < -0.3 is 4.90 Å². The number of hydrogen-bond acceptors (Lipinski definition) is 3. The highest BCUT2D eigenvalue weighted by Gasteiger charge is 2.46. The fraction of sp³-hybridized carbons (Fsp3) is 0.267. The van der Waals surface area contributed by atoms with E-state index in [2.05, 4.69) is 10.2 Å². The van der Waals surface area contributed by atoms with Crippen molar-refractivity contribution in [2.24, 2.45) is 0 Å². The molecule has 0 N–H and O–H groups in total. The Labute approximate surface area is 122 Å². The predicted octanol–water partition coefficient (Wildman–Crippen LogP) is 2.95. The van der Waals surface area contributed by atoms with Crippen molar-refractivity contribution in [2.75, 3.05) is 4.90 Å². The molecule has 0 unspecified atom stereocenters. The third-order valence-electron chi connectivity index (χ3n) is 3.67. The number of rotatable bonds is 2. The van der Waals surface area contributed by atoms with Crippen LogP contribution < -0.4 is 4.90 Å². The molecule has 1 aliphatic rings. The SMILES string of the molecule is CC1(C)C(=O)N(Cc2ccccc2)c2cnnc(Cl)c21. The maximum atomic E-state index is 12.7. The third kappa shape index (κ3) is 1.88. The van der Waals surface area contributed by atoms with Gasteiger partial charge in [0.15, 0.2) is 5.15 Å². The van der Waals surface area contributed by atoms with Gasteiger partial charge in [0.2, 0.25) is 5.91 Å². The molecule has 0 spiro atoms. The number of anilines is 1. The van der Waals surface area contributed by atoms with Gasteiger partial charge in [-0.25, -0.2) is 0 Å². The first-order chi connectivity index (χ1) is 9.51. The summed E-state index contributed by atoms with van der Waals surface area (Å²) in [5.74, 6) is 0.0213. The van der Waals surface area contributed by atoms with E-state index < -0.39 is 5.41 Å². The molecule has 4 nitrogen and oxygen atoms in total. The molecule has 102 valence electrons. The first kappa shape index (κ1) is 13.1. The molecule has 0 bridgehead atoms. The van der Waals surface area contributed by atoms with Gasteiger partial charge >= 0.3 is 0 Å². The summed E-state index contributed by atoms with van der Waals surface area (Å²) in [5, 5.41) is 8.03. The molecule has 0 aliphatic carbocycles. The highest BCUT2D eigenvalue weighted by molar-refractivity contribution is 6.31. The highest BCUT2D eigenvalue weighted by Crippen LogP contribution is 2.44. The lowest BCUT2D eigenvalue weighted by atomic mass is 9.87. The average Bonchev–Trinajstić information content (AvgIpc) is 2.62. The van der Waals surface area contributed by atoms with Crippen LogP contribution in [0.25, 0.3) is 0 Å². The van der Waals surface area contributed by atoms with Crippen molar-refractivity contribution in [3.63, 3.8) is 0 Å². The van der Waals surface area contributed by atoms with E-state index in [1.165, 1.54) is 0 Å². The minimum Gasteiger partial charge on any atom is -0.305 e. The lowest BCUT2D eigenvalue weighted by Crippen LogP contribution is -2.35. The molecule has 2 aromatic rings. The number of carbonyl (C=O) groups excluding carboxylic acids is 1. The molecule has 2 heterocycles. The zero-order chi connectivity index (χ0) is 14.3. The van der Waals surface area contributed by atoms with Crippen LogP contribution in [0, 0.1) is 0 Å². The smallest absolute Gasteiger partial charge is 0.237 e. The molecule has 5 heteroatoms. The van der Waals surface area contributed by atoms with Crippen molar-refractivity contribution in [2.45, 2.75) is 25.8 Å². The minimum atomic E-state index is -0.670. The van der Waals surface area contributed by atoms with Gasteiger partial charge in [0.05, 0.1) is 23.8 Å². The maximum absolute atomic E-state index is 12.7. The number of hydrogen-bond donors (Lipinski definition) is 0. The number of amides is 1. The van der Waals surface area contributed by atoms with Crippen LogP contribution in [0.3, 0.4) is 0 Å². The zero-order valence-electron chi connectivity index (χ0n) is 11.3. The van der Waals surface area contributed by atoms with Crippen molar-refractivity contribution in [1.29, 1.82) is 0 Å². The second-order valence-corrected chi connectivity index (χ2v) is 5.76. The van der Waals surface area contributed by atoms with Crippen molar-refractivity contribution in [3.05, 3.63) is 52.8 Å². The predicted molar refractivity (Wildman–Crippen MR) is 77.7 cm³/mol. The minimum absolute atomic E-state index is 0.0213. The topological polar surface area (TPSA) is 46.1 Å². The Morgan fingerprint density at radius 2 is 1.95 bits per heavy atom. The van der Waals surface area contributed by atoms with Gasteiger partial charge in [-0.05, 0) is 19.4 Å². The van der Waals surface area contributed by atoms with Gasteiger partial charge in [-0.2, -0.15) is 5.10 Å². The van der Waals surface area contributed by atoms with E-state index in [1.807, 2.05) is 44.2 Å². The van der Waals surface area contributed by atoms with Gasteiger partial charge in [0, 0.05) is 5.56 Å². The van der Waals surface area contributed by atoms with Gasteiger partial charge in [0.1, 0.15) is 0 Å². The number of benzene rings is 1. The third-order valence-corrected chi connectivity index (χ3v) is 3.93. The second-order valence-electron chi connectivity index (χ2n) is 5.40. The highest BCUT2D eigenvalue weighted by atomic mass is 35.5. The van der Waals surface area contributed by atoms with Gasteiger partial charge in [-0.1, -0.05) is 41.9 Å². The van der Waals surface area contributed by atoms with Crippen molar-refractivity contribution >= 4 is 23.2 Å². The molecule has 1 aliphatic heterocycles. The summed E-state index contributed by atoms with van der Waals surface area (Å²) < 4.78 is 0. The molecular formula is C15H14ClN3O. The summed E-state index contributed by atoms with van der Waals surface area (Å²) in [4.78, 5) is 14.4. The summed E-state index contributed by atoms with van der Waals surface area (Å²) in [6.07, 6.45) is 1.61. The molecule has 0 radical (unpaired) electrons. The van der Waals surface area contributed by atoms with E-state index in [1.54, 1.807) is 11.1 Å². The molecule has 0 atom stereocenters. The lowest BCUT2D eigenvalue weighted by molar-refractivity contribution is -0.122. The average molecular weight is 288 g/mol. The Bertz CT molecular complexity index is 670. The molecule has 3 rings (SSSR count). The van der Waals surface area contributed by atoms with Crippen LogP contribution in [0.1, 0.15) is 25.0 Å². The second kappa shape index (κ2) is 4.56. The monoisotopic (exact) mass is 287 g/mol. The van der Waals surface area contributed by atoms with Crippen LogP contribution >= 0.6 is 11.6 Å². The largest absolute Gasteiger partial charge is 0.305 e. The molecule has 0 saturated heterocycles. The lowest BCUT2D eigenvalue weighted by Gasteiger charge is -2.20. The van der Waals surface area contributed by atoms with E-state index in [0.29, 0.717) is 11.7 Å². The summed E-state index contributed by atoms with van der Waals surface area (Å²) in [7, 11) is 0. The van der Waals surface area contributed by atoms with Crippen molar-refractivity contribution in [1.82, 2.24) is 10.2 Å². The number of carbonyl (C=O) groups is 1. The first-order valence-electron chi connectivity index (χ1n) is 6.39. The zero-order valence-corrected chi connectivity index (χ0v) is 12.1. The fourth-order valence-corrected chi connectivity index (χ4v) is 2.99. The number of fused-ring (bicyclic) bond motifs is 1. The van der Waals surface area contributed by atoms with Crippen LogP contribution in [0.5, 0.6) is 0 Å². The molecule has 1 aromatic carbocycles. The molecular weight excluding hydrogens is 274 g/mol. The molecule has 0 saturated carbocycles. The summed E-state index contributed by atoms with van der Waals surface area (Å²) in [6.45, 7) is 4.25. The maximum Gasteiger partial charge on any atom is 0.237 e. The van der Waals surface area contributed by atoms with Gasteiger partial charge in [0.25, 0.3) is 0 Å². The van der Waals surface area contributed by atoms with Crippen LogP contribution in [0.2, 0.25) is 5.15 Å². The first-order valence-corrected chi connectivity index (χ1v) is 6.77. The Morgan fingerprint density at radius 3 is 2.65 bits per heavy atom. The number of nitrogens with zero attached hydrogens (tertiary/aromatic N) is 3. The van der Waals surface area contributed by atoms with Crippen molar-refractivity contribution < 1.29 is 4.79 Å². The Kier molecular flexibility index (Phi) is 2.98. The molecule has 20 heavy (non-hydrogen) atoms. The van der Waals surface area contributed by atoms with Crippen LogP contribution in [0.4, 0.5) is 5.69 Å². The van der Waals surface area contributed by atoms with E-state index >= 15 is 0 Å². The fourth-order valence-electron chi connectivity index (χ4n) is 2.61. The molecule has 1 aromatic heterocycles. The summed E-state index contributed by atoms with van der Waals surface area (Å²) in [6, 6.07) is 9.86. The Balaban J connectivity index is 2.06. The van der Waals surface area contributed by atoms with Gasteiger partial charge in [-0.15, -0.1) is 5.10 Å². The quantitative estimate of drug-likeness (QED) is 0.853. The van der Waals surface area contributed by atoms with Crippen molar-refractivity contribution in [3.8, 4) is 0 Å². The van der Waals surface area contributed by atoms with E-state index in [4.69, 9.17) is 11.6 Å².